The van der Waals surface area contributed by atoms with Crippen LogP contribution in [0.3, 0.4) is 0 Å². The monoisotopic (exact) mass is 303 g/mol. The highest BCUT2D eigenvalue weighted by atomic mass is 16.4. The van der Waals surface area contributed by atoms with Crippen LogP contribution in [-0.4, -0.2) is 14.8 Å². The topological polar surface area (TPSA) is 43.9 Å². The van der Waals surface area contributed by atoms with Gasteiger partial charge in [0.25, 0.3) is 0 Å². The van der Waals surface area contributed by atoms with Crippen molar-refractivity contribution in [1.82, 2.24) is 14.8 Å². The minimum Gasteiger partial charge on any atom is -0.446 e. The Hall–Kier alpha value is -1.58. The number of rotatable bonds is 5. The Balaban J connectivity index is 2.08. The van der Waals surface area contributed by atoms with E-state index in [-0.39, 0.29) is 10.8 Å². The molecule has 0 fully saturated rings. The fourth-order valence-electron chi connectivity index (χ4n) is 2.81. The quantitative estimate of drug-likeness (QED) is 0.834. The summed E-state index contributed by atoms with van der Waals surface area (Å²) in [6, 6.07) is 2.24. The molecule has 122 valence electrons. The van der Waals surface area contributed by atoms with Crippen LogP contribution in [0.15, 0.2) is 16.7 Å². The van der Waals surface area contributed by atoms with E-state index in [2.05, 4.69) is 50.8 Å². The standard InChI is InChI=1S/C18H29N3O/c1-13-12-19-16(22-13)11-18(5,6)10-15-8-14(20-21(15)7)9-17(2,3)4/h8,12H,9-11H2,1-7H3. The van der Waals surface area contributed by atoms with E-state index >= 15 is 0 Å². The first-order valence-electron chi connectivity index (χ1n) is 7.97. The highest BCUT2D eigenvalue weighted by Crippen LogP contribution is 2.28. The molecule has 0 aliphatic rings. The number of nitrogens with zero attached hydrogens (tertiary/aromatic N) is 3. The van der Waals surface area contributed by atoms with Gasteiger partial charge in [0.15, 0.2) is 5.89 Å². The predicted octanol–water partition coefficient (Wildman–Crippen LogP) is 4.12. The van der Waals surface area contributed by atoms with E-state index in [9.17, 15) is 0 Å². The fourth-order valence-corrected chi connectivity index (χ4v) is 2.81. The maximum absolute atomic E-state index is 5.62. The van der Waals surface area contributed by atoms with Gasteiger partial charge in [0.2, 0.25) is 0 Å². The third kappa shape index (κ3) is 4.72. The van der Waals surface area contributed by atoms with Gasteiger partial charge in [0, 0.05) is 19.2 Å². The first kappa shape index (κ1) is 16.8. The molecule has 0 aliphatic heterocycles. The molecule has 0 unspecified atom stereocenters. The van der Waals surface area contributed by atoms with Crippen LogP contribution < -0.4 is 0 Å². The molecule has 2 aromatic rings. The van der Waals surface area contributed by atoms with Crippen LogP contribution in [0.4, 0.5) is 0 Å². The summed E-state index contributed by atoms with van der Waals surface area (Å²) >= 11 is 0. The van der Waals surface area contributed by atoms with Gasteiger partial charge >= 0.3 is 0 Å². The van der Waals surface area contributed by atoms with Crippen LogP contribution in [0.5, 0.6) is 0 Å². The Kier molecular flexibility index (Phi) is 4.50. The van der Waals surface area contributed by atoms with Gasteiger partial charge in [-0.3, -0.25) is 4.68 Å². The van der Waals surface area contributed by atoms with E-state index in [1.165, 1.54) is 11.4 Å². The SMILES string of the molecule is Cc1cnc(CC(C)(C)Cc2cc(CC(C)(C)C)nn2C)o1. The molecule has 2 aromatic heterocycles. The molecule has 2 heterocycles. The van der Waals surface area contributed by atoms with Crippen molar-refractivity contribution in [3.63, 3.8) is 0 Å². The number of aromatic nitrogens is 3. The van der Waals surface area contributed by atoms with Gasteiger partial charge in [-0.2, -0.15) is 5.10 Å². The molecule has 0 atom stereocenters. The molecular formula is C18H29N3O. The maximum Gasteiger partial charge on any atom is 0.194 e. The molecule has 0 spiro atoms. The number of hydrogen-bond donors (Lipinski definition) is 0. The van der Waals surface area contributed by atoms with Crippen molar-refractivity contribution >= 4 is 0 Å². The van der Waals surface area contributed by atoms with Gasteiger partial charge in [0.05, 0.1) is 11.9 Å². The predicted molar refractivity (Wildman–Crippen MR) is 88.8 cm³/mol. The van der Waals surface area contributed by atoms with Gasteiger partial charge in [0.1, 0.15) is 5.76 Å². The normalized spacial score (nSPS) is 12.9. The molecule has 2 rings (SSSR count). The van der Waals surface area contributed by atoms with Crippen molar-refractivity contribution in [3.8, 4) is 0 Å². The van der Waals surface area contributed by atoms with Crippen LogP contribution in [0, 0.1) is 17.8 Å². The second-order valence-electron chi connectivity index (χ2n) is 8.37. The van der Waals surface area contributed by atoms with E-state index in [1.54, 1.807) is 6.20 Å². The van der Waals surface area contributed by atoms with Gasteiger partial charge in [-0.25, -0.2) is 4.98 Å². The van der Waals surface area contributed by atoms with Gasteiger partial charge in [-0.05, 0) is 36.7 Å². The third-order valence-corrected chi connectivity index (χ3v) is 3.70. The Bertz CT molecular complexity index is 629. The minimum atomic E-state index is 0.0874. The molecule has 0 saturated heterocycles. The number of aryl methyl sites for hydroxylation is 2. The Labute approximate surface area is 133 Å². The van der Waals surface area contributed by atoms with Crippen LogP contribution in [-0.2, 0) is 26.3 Å². The number of hydrogen-bond acceptors (Lipinski definition) is 3. The average molecular weight is 303 g/mol. The van der Waals surface area contributed by atoms with Gasteiger partial charge in [-0.1, -0.05) is 34.6 Å². The summed E-state index contributed by atoms with van der Waals surface area (Å²) in [6.45, 7) is 13.2. The summed E-state index contributed by atoms with van der Waals surface area (Å²) in [6.07, 6.45) is 4.58. The van der Waals surface area contributed by atoms with E-state index < -0.39 is 0 Å². The Morgan fingerprint density at radius 2 is 1.77 bits per heavy atom. The van der Waals surface area contributed by atoms with Crippen LogP contribution in [0.25, 0.3) is 0 Å². The largest absolute Gasteiger partial charge is 0.446 e. The molecule has 0 N–H and O–H groups in total. The summed E-state index contributed by atoms with van der Waals surface area (Å²) in [5.41, 5.74) is 2.79. The molecule has 22 heavy (non-hydrogen) atoms. The summed E-state index contributed by atoms with van der Waals surface area (Å²) in [5, 5.41) is 4.67. The lowest BCUT2D eigenvalue weighted by Crippen LogP contribution is -2.20. The van der Waals surface area contributed by atoms with E-state index in [4.69, 9.17) is 4.42 Å². The summed E-state index contributed by atoms with van der Waals surface area (Å²) < 4.78 is 7.64. The summed E-state index contributed by atoms with van der Waals surface area (Å²) in [4.78, 5) is 4.33. The molecule has 4 nitrogen and oxygen atoms in total. The summed E-state index contributed by atoms with van der Waals surface area (Å²) in [5.74, 6) is 1.69. The van der Waals surface area contributed by atoms with Crippen LogP contribution in [0.1, 0.15) is 57.7 Å². The van der Waals surface area contributed by atoms with Gasteiger partial charge < -0.3 is 4.42 Å². The van der Waals surface area contributed by atoms with Crippen molar-refractivity contribution in [1.29, 1.82) is 0 Å². The smallest absolute Gasteiger partial charge is 0.194 e. The lowest BCUT2D eigenvalue weighted by atomic mass is 9.84. The van der Waals surface area contributed by atoms with Crippen LogP contribution in [0.2, 0.25) is 0 Å². The van der Waals surface area contributed by atoms with Crippen molar-refractivity contribution in [2.75, 3.05) is 0 Å². The van der Waals surface area contributed by atoms with Crippen molar-refractivity contribution in [2.45, 2.75) is 60.8 Å². The highest BCUT2D eigenvalue weighted by Gasteiger charge is 2.24. The molecular weight excluding hydrogens is 274 g/mol. The summed E-state index contributed by atoms with van der Waals surface area (Å²) in [7, 11) is 2.03. The number of oxazole rings is 1. The van der Waals surface area contributed by atoms with Gasteiger partial charge in [-0.15, -0.1) is 0 Å². The molecule has 0 saturated carbocycles. The lowest BCUT2D eigenvalue weighted by molar-refractivity contribution is 0.309. The molecule has 0 amide bonds. The molecule has 0 aromatic carbocycles. The van der Waals surface area contributed by atoms with Crippen LogP contribution >= 0.6 is 0 Å². The Morgan fingerprint density at radius 1 is 1.09 bits per heavy atom. The zero-order valence-electron chi connectivity index (χ0n) is 15.0. The van der Waals surface area contributed by atoms with Crippen molar-refractivity contribution < 1.29 is 4.42 Å². The molecule has 4 heteroatoms. The zero-order chi connectivity index (χ0) is 16.5. The minimum absolute atomic E-state index is 0.0874. The second kappa shape index (κ2) is 5.90. The van der Waals surface area contributed by atoms with Crippen molar-refractivity contribution in [2.24, 2.45) is 17.9 Å². The van der Waals surface area contributed by atoms with Crippen molar-refractivity contribution in [3.05, 3.63) is 35.3 Å². The Morgan fingerprint density at radius 3 is 2.32 bits per heavy atom. The van der Waals surface area contributed by atoms with E-state index in [0.717, 1.165) is 30.9 Å². The lowest BCUT2D eigenvalue weighted by Gasteiger charge is -2.22. The first-order valence-corrected chi connectivity index (χ1v) is 7.97. The van der Waals surface area contributed by atoms with E-state index in [0.29, 0.717) is 0 Å². The van der Waals surface area contributed by atoms with E-state index in [1.807, 2.05) is 18.7 Å². The zero-order valence-corrected chi connectivity index (χ0v) is 15.0. The molecule has 0 bridgehead atoms. The fraction of sp³-hybridized carbons (Fsp3) is 0.667. The second-order valence-corrected chi connectivity index (χ2v) is 8.37. The average Bonchev–Trinajstić information content (AvgIpc) is 2.83. The molecule has 0 radical (unpaired) electrons. The maximum atomic E-state index is 5.62. The molecule has 0 aliphatic carbocycles. The third-order valence-electron chi connectivity index (χ3n) is 3.70. The highest BCUT2D eigenvalue weighted by molar-refractivity contribution is 5.13. The first-order chi connectivity index (χ1) is 10.0.